The van der Waals surface area contributed by atoms with Gasteiger partial charge in [0.2, 0.25) is 0 Å². The lowest BCUT2D eigenvalue weighted by atomic mass is 9.88. The molecule has 164 valence electrons. The number of methoxy groups -OCH3 is 1. The van der Waals surface area contributed by atoms with E-state index >= 15 is 0 Å². The van der Waals surface area contributed by atoms with Crippen molar-refractivity contribution in [1.82, 2.24) is 20.2 Å². The Hall–Kier alpha value is -3.34. The van der Waals surface area contributed by atoms with Crippen LogP contribution in [0.1, 0.15) is 33.8 Å². The summed E-state index contributed by atoms with van der Waals surface area (Å²) in [5.41, 5.74) is 7.58. The second-order valence-electron chi connectivity index (χ2n) is 7.18. The van der Waals surface area contributed by atoms with E-state index < -0.39 is 15.7 Å². The third-order valence-corrected chi connectivity index (χ3v) is 5.86. The minimum atomic E-state index is -3.22. The molecular formula is C20H22FN5O4S. The third-order valence-electron chi connectivity index (χ3n) is 4.88. The number of aromatic nitrogens is 4. The molecule has 0 aliphatic rings. The van der Waals surface area contributed by atoms with Crippen LogP contribution in [0.5, 0.6) is 5.75 Å². The van der Waals surface area contributed by atoms with Crippen LogP contribution in [-0.4, -0.2) is 53.7 Å². The number of ether oxygens (including phenoxy) is 1. The van der Waals surface area contributed by atoms with Crippen molar-refractivity contribution in [1.29, 1.82) is 0 Å². The second-order valence-corrected chi connectivity index (χ2v) is 9.44. The molecule has 0 saturated carbocycles. The maximum Gasteiger partial charge on any atom is 0.252 e. The molecule has 3 aromatic rings. The van der Waals surface area contributed by atoms with Gasteiger partial charge in [0.15, 0.2) is 0 Å². The first kappa shape index (κ1) is 22.3. The highest BCUT2D eigenvalue weighted by Crippen LogP contribution is 2.33. The molecule has 0 spiro atoms. The summed E-state index contributed by atoms with van der Waals surface area (Å²) < 4.78 is 43.8. The van der Waals surface area contributed by atoms with E-state index in [4.69, 9.17) is 10.5 Å². The number of rotatable bonds is 9. The predicted octanol–water partition coefficient (Wildman–Crippen LogP) is 1.67. The Kier molecular flexibility index (Phi) is 6.64. The number of tetrazole rings is 1. The zero-order chi connectivity index (χ0) is 22.6. The fraction of sp³-hybridized carbons (Fsp3) is 0.300. The summed E-state index contributed by atoms with van der Waals surface area (Å²) in [6.45, 7) is 0. The van der Waals surface area contributed by atoms with Crippen LogP contribution in [-0.2, 0) is 16.3 Å². The summed E-state index contributed by atoms with van der Waals surface area (Å²) in [6.07, 6.45) is 3.16. The number of benzene rings is 2. The van der Waals surface area contributed by atoms with Crippen LogP contribution in [0.3, 0.4) is 0 Å². The summed E-state index contributed by atoms with van der Waals surface area (Å²) in [6, 6.07) is 9.16. The van der Waals surface area contributed by atoms with Crippen molar-refractivity contribution in [2.75, 3.05) is 19.1 Å². The predicted molar refractivity (Wildman–Crippen MR) is 111 cm³/mol. The van der Waals surface area contributed by atoms with Crippen LogP contribution in [0.15, 0.2) is 42.7 Å². The molecule has 1 aromatic heterocycles. The molecule has 0 fully saturated rings. The highest BCUT2D eigenvalue weighted by Gasteiger charge is 2.22. The van der Waals surface area contributed by atoms with E-state index in [1.807, 2.05) is 0 Å². The molecule has 0 bridgehead atoms. The summed E-state index contributed by atoms with van der Waals surface area (Å²) in [4.78, 5) is 12.1. The van der Waals surface area contributed by atoms with Gasteiger partial charge in [0.25, 0.3) is 5.91 Å². The van der Waals surface area contributed by atoms with Crippen molar-refractivity contribution in [3.05, 3.63) is 65.2 Å². The lowest BCUT2D eigenvalue weighted by molar-refractivity contribution is 0.0997. The number of amides is 1. The van der Waals surface area contributed by atoms with Gasteiger partial charge in [-0.3, -0.25) is 4.79 Å². The quantitative estimate of drug-likeness (QED) is 0.528. The minimum absolute atomic E-state index is 0.0489. The van der Waals surface area contributed by atoms with Crippen molar-refractivity contribution in [3.63, 3.8) is 0 Å². The number of carbonyl (C=O) groups excluding carboxylic acids is 1. The molecule has 2 aromatic carbocycles. The van der Waals surface area contributed by atoms with Crippen molar-refractivity contribution >= 4 is 15.7 Å². The monoisotopic (exact) mass is 447 g/mol. The molecule has 2 N–H and O–H groups in total. The van der Waals surface area contributed by atoms with Gasteiger partial charge in [0.05, 0.1) is 24.1 Å². The topological polar surface area (TPSA) is 130 Å². The van der Waals surface area contributed by atoms with Gasteiger partial charge in [-0.25, -0.2) is 17.5 Å². The minimum Gasteiger partial charge on any atom is -0.496 e. The van der Waals surface area contributed by atoms with Gasteiger partial charge in [-0.2, -0.15) is 0 Å². The summed E-state index contributed by atoms with van der Waals surface area (Å²) in [7, 11) is -1.80. The van der Waals surface area contributed by atoms with Gasteiger partial charge in [-0.15, -0.1) is 5.10 Å². The van der Waals surface area contributed by atoms with Gasteiger partial charge in [0, 0.05) is 6.26 Å². The van der Waals surface area contributed by atoms with Gasteiger partial charge in [0.1, 0.15) is 27.7 Å². The number of halogens is 1. The van der Waals surface area contributed by atoms with Crippen molar-refractivity contribution in [3.8, 4) is 11.4 Å². The fourth-order valence-corrected chi connectivity index (χ4v) is 4.12. The zero-order valence-corrected chi connectivity index (χ0v) is 17.8. The Balaban J connectivity index is 2.08. The van der Waals surface area contributed by atoms with Gasteiger partial charge in [-0.1, -0.05) is 12.1 Å². The van der Waals surface area contributed by atoms with E-state index in [0.717, 1.165) is 5.56 Å². The third kappa shape index (κ3) is 5.63. The van der Waals surface area contributed by atoms with Crippen LogP contribution in [0.2, 0.25) is 0 Å². The summed E-state index contributed by atoms with van der Waals surface area (Å²) >= 11 is 0. The van der Waals surface area contributed by atoms with Crippen LogP contribution < -0.4 is 10.5 Å². The maximum atomic E-state index is 13.4. The Labute approximate surface area is 178 Å². The number of nitrogens with two attached hydrogens (primary N) is 1. The molecule has 9 nitrogen and oxygen atoms in total. The normalized spacial score (nSPS) is 12.5. The Morgan fingerprint density at radius 2 is 1.97 bits per heavy atom. The molecule has 1 atom stereocenters. The number of nitrogens with zero attached hydrogens (tertiary/aromatic N) is 4. The molecule has 11 heteroatoms. The number of primary amides is 1. The molecule has 1 amide bonds. The molecule has 0 radical (unpaired) electrons. The average Bonchev–Trinajstić information content (AvgIpc) is 3.25. The molecule has 0 saturated heterocycles. The van der Waals surface area contributed by atoms with Gasteiger partial charge < -0.3 is 10.5 Å². The number of carbonyl (C=O) groups is 1. The number of hydrogen-bond acceptors (Lipinski definition) is 7. The molecule has 1 unspecified atom stereocenters. The average molecular weight is 447 g/mol. The first-order valence-electron chi connectivity index (χ1n) is 9.35. The van der Waals surface area contributed by atoms with Crippen LogP contribution >= 0.6 is 0 Å². The molecular weight excluding hydrogens is 425 g/mol. The highest BCUT2D eigenvalue weighted by molar-refractivity contribution is 7.90. The smallest absolute Gasteiger partial charge is 0.252 e. The van der Waals surface area contributed by atoms with Crippen LogP contribution in [0.25, 0.3) is 5.69 Å². The first-order valence-corrected chi connectivity index (χ1v) is 11.4. The van der Waals surface area contributed by atoms with E-state index in [2.05, 4.69) is 15.5 Å². The molecule has 1 heterocycles. The number of hydrogen-bond donors (Lipinski definition) is 1. The fourth-order valence-electron chi connectivity index (χ4n) is 3.40. The van der Waals surface area contributed by atoms with Gasteiger partial charge >= 0.3 is 0 Å². The Bertz CT molecular complexity index is 1170. The lowest BCUT2D eigenvalue weighted by Crippen LogP contribution is -2.16. The Morgan fingerprint density at radius 1 is 1.26 bits per heavy atom. The van der Waals surface area contributed by atoms with E-state index in [-0.39, 0.29) is 28.8 Å². The molecule has 31 heavy (non-hydrogen) atoms. The standard InChI is InChI=1S/C20H22FN5O4S/c1-30-19-15(10-17(11-18(19)20(22)27)26-12-23-24-25-26)9-14(7-8-31(2,28)29)13-3-5-16(21)6-4-13/h3-6,10-12,14H,7-9H2,1-2H3,(H2,22,27). The second kappa shape index (κ2) is 9.21. The zero-order valence-electron chi connectivity index (χ0n) is 17.0. The number of sulfone groups is 1. The Morgan fingerprint density at radius 3 is 2.52 bits per heavy atom. The maximum absolute atomic E-state index is 13.4. The molecule has 0 aliphatic carbocycles. The van der Waals surface area contributed by atoms with E-state index in [9.17, 15) is 17.6 Å². The SMILES string of the molecule is COc1c(CC(CCS(C)(=O)=O)c2ccc(F)cc2)cc(-n2cnnn2)cc1C(N)=O. The molecule has 3 rings (SSSR count). The summed E-state index contributed by atoms with van der Waals surface area (Å²) in [5, 5.41) is 11.0. The van der Waals surface area contributed by atoms with Crippen LogP contribution in [0, 0.1) is 5.82 Å². The largest absolute Gasteiger partial charge is 0.496 e. The highest BCUT2D eigenvalue weighted by atomic mass is 32.2. The van der Waals surface area contributed by atoms with E-state index in [0.29, 0.717) is 24.1 Å². The first-order chi connectivity index (χ1) is 14.7. The van der Waals surface area contributed by atoms with Gasteiger partial charge in [-0.05, 0) is 64.6 Å². The molecule has 0 aliphatic heterocycles. The van der Waals surface area contributed by atoms with E-state index in [1.165, 1.54) is 42.6 Å². The van der Waals surface area contributed by atoms with E-state index in [1.54, 1.807) is 18.2 Å². The van der Waals surface area contributed by atoms with Crippen molar-refractivity contribution < 1.29 is 22.3 Å². The van der Waals surface area contributed by atoms with Crippen LogP contribution in [0.4, 0.5) is 4.39 Å². The van der Waals surface area contributed by atoms with Crippen molar-refractivity contribution in [2.45, 2.75) is 18.8 Å². The van der Waals surface area contributed by atoms with Crippen molar-refractivity contribution in [2.24, 2.45) is 5.73 Å². The summed E-state index contributed by atoms with van der Waals surface area (Å²) in [5.74, 6) is -1.13. The lowest BCUT2D eigenvalue weighted by Gasteiger charge is -2.21.